The number of hydrogen-bond acceptors (Lipinski definition) is 4. The minimum Gasteiger partial charge on any atom is -0.309 e. The predicted molar refractivity (Wildman–Crippen MR) is 289 cm³/mol. The number of para-hydroxylation sites is 3. The lowest BCUT2D eigenvalue weighted by Gasteiger charge is -2.40. The van der Waals surface area contributed by atoms with E-state index in [1.165, 1.54) is 76.2 Å². The van der Waals surface area contributed by atoms with Crippen molar-refractivity contribution in [2.24, 2.45) is 0 Å². The molecule has 0 fully saturated rings. The van der Waals surface area contributed by atoms with Gasteiger partial charge in [-0.3, -0.25) is 9.97 Å². The van der Waals surface area contributed by atoms with E-state index in [9.17, 15) is 0 Å². The van der Waals surface area contributed by atoms with Gasteiger partial charge in [0, 0.05) is 43.7 Å². The van der Waals surface area contributed by atoms with E-state index in [-0.39, 0.29) is 0 Å². The average molecular weight is 921 g/mol. The summed E-state index contributed by atoms with van der Waals surface area (Å²) in [6, 6.07) is 85.4. The van der Waals surface area contributed by atoms with Crippen LogP contribution in [0.4, 0.5) is 17.1 Å². The van der Waals surface area contributed by atoms with Gasteiger partial charge < -0.3 is 9.47 Å². The van der Waals surface area contributed by atoms with Crippen molar-refractivity contribution >= 4 is 50.6 Å². The Bertz CT molecular complexity index is 4190. The summed E-state index contributed by atoms with van der Waals surface area (Å²) in [5, 5.41) is 2.37. The monoisotopic (exact) mass is 920 g/mol. The molecule has 1 unspecified atom stereocenters. The van der Waals surface area contributed by atoms with E-state index < -0.39 is 10.8 Å². The van der Waals surface area contributed by atoms with Crippen LogP contribution in [-0.4, -0.2) is 14.5 Å². The number of rotatable bonds is 4. The maximum atomic E-state index is 5.56. The van der Waals surface area contributed by atoms with E-state index in [1.54, 1.807) is 0 Å². The summed E-state index contributed by atoms with van der Waals surface area (Å²) in [7, 11) is 0. The van der Waals surface area contributed by atoms with Gasteiger partial charge in [-0.1, -0.05) is 169 Å². The highest BCUT2D eigenvalue weighted by atomic mass is 32.2. The van der Waals surface area contributed by atoms with Crippen molar-refractivity contribution in [2.45, 2.75) is 20.6 Å². The number of hydrogen-bond donors (Lipinski definition) is 0. The van der Waals surface area contributed by atoms with Crippen LogP contribution in [0.5, 0.6) is 0 Å². The van der Waals surface area contributed by atoms with E-state index in [0.717, 1.165) is 56.3 Å². The Morgan fingerprint density at radius 1 is 0.380 bits per heavy atom. The van der Waals surface area contributed by atoms with Crippen molar-refractivity contribution < 1.29 is 0 Å². The second kappa shape index (κ2) is 14.4. The Morgan fingerprint density at radius 2 is 0.972 bits per heavy atom. The van der Waals surface area contributed by atoms with Crippen LogP contribution in [0.25, 0.3) is 61.1 Å². The largest absolute Gasteiger partial charge is 0.309 e. The molecule has 2 spiro atoms. The standard InChI is InChI=1S/C66H40N4S/c1-3-19-41(20-4-1)69(58-33-17-34-59-62(58)47-26-10-15-32-57(47)70(59)42-21-5-2-6-22-42)43-37-56-64(68-40-43)63-53(31-18-36-67-63)66(56)52-30-14-16-35-60(52)71-61-39-54-48(38-55(61)66)46-25-9-13-29-51(46)65(54)49-27-11-7-23-44(49)45-24-8-12-28-50(45)65/h1-40H. The van der Waals surface area contributed by atoms with E-state index >= 15 is 0 Å². The number of pyridine rings is 2. The number of anilines is 3. The van der Waals surface area contributed by atoms with Crippen LogP contribution in [0.15, 0.2) is 253 Å². The molecule has 0 radical (unpaired) electrons. The van der Waals surface area contributed by atoms with Crippen molar-refractivity contribution in [2.75, 3.05) is 4.90 Å². The second-order valence-electron chi connectivity index (χ2n) is 19.1. The highest BCUT2D eigenvalue weighted by Gasteiger charge is 2.56. The summed E-state index contributed by atoms with van der Waals surface area (Å²) in [5.41, 5.74) is 22.6. The Kier molecular flexibility index (Phi) is 7.93. The first-order valence-corrected chi connectivity index (χ1v) is 25.2. The molecule has 0 amide bonds. The lowest BCUT2D eigenvalue weighted by molar-refractivity contribution is 0.714. The molecule has 4 heterocycles. The zero-order valence-electron chi connectivity index (χ0n) is 38.3. The fraction of sp³-hybridized carbons (Fsp3) is 0.0303. The molecular formula is C66H40N4S. The number of benzene rings is 9. The van der Waals surface area contributed by atoms with Crippen LogP contribution in [0, 0.1) is 0 Å². The summed E-state index contributed by atoms with van der Waals surface area (Å²) < 4.78 is 2.40. The maximum absolute atomic E-state index is 5.56. The molecule has 71 heavy (non-hydrogen) atoms. The summed E-state index contributed by atoms with van der Waals surface area (Å²) in [6.07, 6.45) is 4.00. The molecule has 0 bridgehead atoms. The van der Waals surface area contributed by atoms with E-state index in [1.807, 2.05) is 18.0 Å². The predicted octanol–water partition coefficient (Wildman–Crippen LogP) is 16.2. The third kappa shape index (κ3) is 4.95. The quantitative estimate of drug-likeness (QED) is 0.176. The van der Waals surface area contributed by atoms with Crippen LogP contribution in [-0.2, 0) is 10.8 Å². The number of fused-ring (bicyclic) bond motifs is 22. The van der Waals surface area contributed by atoms with Gasteiger partial charge >= 0.3 is 0 Å². The molecule has 0 saturated carbocycles. The normalized spacial score (nSPS) is 15.7. The molecule has 5 heteroatoms. The fourth-order valence-electron chi connectivity index (χ4n) is 13.3. The van der Waals surface area contributed by atoms with Gasteiger partial charge in [0.25, 0.3) is 0 Å². The lowest BCUT2D eigenvalue weighted by atomic mass is 9.66. The number of nitrogens with zero attached hydrogens (tertiary/aromatic N) is 4. The first kappa shape index (κ1) is 39.1. The van der Waals surface area contributed by atoms with Crippen molar-refractivity contribution in [3.63, 3.8) is 0 Å². The highest BCUT2D eigenvalue weighted by Crippen LogP contribution is 2.67. The molecule has 3 aliphatic carbocycles. The Morgan fingerprint density at radius 3 is 1.73 bits per heavy atom. The van der Waals surface area contributed by atoms with Crippen LogP contribution >= 0.6 is 11.8 Å². The van der Waals surface area contributed by atoms with E-state index in [0.29, 0.717) is 0 Å². The highest BCUT2D eigenvalue weighted by molar-refractivity contribution is 7.99. The zero-order valence-corrected chi connectivity index (χ0v) is 39.1. The van der Waals surface area contributed by atoms with Crippen molar-refractivity contribution in [1.29, 1.82) is 0 Å². The Labute approximate surface area is 415 Å². The molecule has 0 saturated heterocycles. The molecule has 1 aliphatic heterocycles. The minimum atomic E-state index is -0.734. The van der Waals surface area contributed by atoms with Crippen molar-refractivity contribution in [3.05, 3.63) is 287 Å². The first-order valence-electron chi connectivity index (χ1n) is 24.4. The topological polar surface area (TPSA) is 34.0 Å². The van der Waals surface area contributed by atoms with Gasteiger partial charge in [-0.2, -0.15) is 0 Å². The fourth-order valence-corrected chi connectivity index (χ4v) is 14.6. The molecule has 4 aliphatic rings. The molecule has 0 N–H and O–H groups in total. The lowest BCUT2D eigenvalue weighted by Crippen LogP contribution is -2.33. The van der Waals surface area contributed by atoms with Gasteiger partial charge in [-0.25, -0.2) is 0 Å². The molecule has 16 rings (SSSR count). The maximum Gasteiger partial charge on any atom is 0.0939 e. The first-order chi connectivity index (χ1) is 35.2. The Balaban J connectivity index is 0.989. The van der Waals surface area contributed by atoms with Gasteiger partial charge in [-0.15, -0.1) is 0 Å². The van der Waals surface area contributed by atoms with Crippen LogP contribution in [0.2, 0.25) is 0 Å². The summed E-state index contributed by atoms with van der Waals surface area (Å²) in [5.74, 6) is 0. The second-order valence-corrected chi connectivity index (χ2v) is 20.2. The van der Waals surface area contributed by atoms with Gasteiger partial charge in [-0.05, 0) is 134 Å². The molecule has 12 aromatic rings. The molecule has 1 atom stereocenters. The summed E-state index contributed by atoms with van der Waals surface area (Å²) >= 11 is 1.90. The van der Waals surface area contributed by atoms with E-state index in [2.05, 4.69) is 246 Å². The van der Waals surface area contributed by atoms with Crippen LogP contribution in [0.3, 0.4) is 0 Å². The summed E-state index contributed by atoms with van der Waals surface area (Å²) in [6.45, 7) is 0. The molecular weight excluding hydrogens is 881 g/mol. The van der Waals surface area contributed by atoms with E-state index in [4.69, 9.17) is 9.97 Å². The molecule has 3 aromatic heterocycles. The molecule has 4 nitrogen and oxygen atoms in total. The van der Waals surface area contributed by atoms with Gasteiger partial charge in [0.1, 0.15) is 0 Å². The smallest absolute Gasteiger partial charge is 0.0939 e. The van der Waals surface area contributed by atoms with Gasteiger partial charge in [0.05, 0.1) is 50.8 Å². The van der Waals surface area contributed by atoms with Crippen LogP contribution in [0.1, 0.15) is 44.5 Å². The average Bonchev–Trinajstić information content (AvgIpc) is 4.13. The third-order valence-corrected chi connectivity index (χ3v) is 17.1. The molecule has 330 valence electrons. The van der Waals surface area contributed by atoms with Gasteiger partial charge in [0.2, 0.25) is 0 Å². The number of aromatic nitrogens is 3. The Hall–Kier alpha value is -8.77. The van der Waals surface area contributed by atoms with Gasteiger partial charge in [0.15, 0.2) is 0 Å². The minimum absolute atomic E-state index is 0.457. The third-order valence-electron chi connectivity index (χ3n) is 15.9. The van der Waals surface area contributed by atoms with Crippen molar-refractivity contribution in [1.82, 2.24) is 14.5 Å². The van der Waals surface area contributed by atoms with Crippen molar-refractivity contribution in [3.8, 4) is 39.3 Å². The SMILES string of the molecule is c1ccc(N(c2cnc3c(c2)C2(c4ccccc4Sc4cc5c(cc42)-c2ccccc2C52c4ccccc4-c4ccccc42)c2cccnc2-3)c2cccc3c2c2ccccc2n3-c2ccccc2)cc1. The molecule has 9 aromatic carbocycles. The van der Waals surface area contributed by atoms with Crippen LogP contribution < -0.4 is 4.90 Å². The zero-order chi connectivity index (χ0) is 46.4. The summed E-state index contributed by atoms with van der Waals surface area (Å²) in [4.78, 5) is 15.7.